The van der Waals surface area contributed by atoms with Crippen LogP contribution in [0, 0.1) is 6.92 Å². The van der Waals surface area contributed by atoms with E-state index in [2.05, 4.69) is 4.98 Å². The number of rotatable bonds is 6. The minimum absolute atomic E-state index is 0.0895. The fourth-order valence-electron chi connectivity index (χ4n) is 1.82. The molecule has 6 nitrogen and oxygen atoms in total. The highest BCUT2D eigenvalue weighted by Crippen LogP contribution is 2.24. The number of ether oxygens (including phenoxy) is 2. The summed E-state index contributed by atoms with van der Waals surface area (Å²) in [5.41, 5.74) is 0.0895. The van der Waals surface area contributed by atoms with E-state index in [1.54, 1.807) is 18.3 Å². The van der Waals surface area contributed by atoms with Crippen LogP contribution in [0.1, 0.15) is 16.2 Å². The van der Waals surface area contributed by atoms with Gasteiger partial charge in [0.1, 0.15) is 29.5 Å². The number of aromatic carboxylic acids is 1. The molecule has 2 aromatic rings. The molecule has 1 aromatic carbocycles. The van der Waals surface area contributed by atoms with Crippen LogP contribution in [-0.4, -0.2) is 34.3 Å². The Morgan fingerprint density at radius 1 is 1.45 bits per heavy atom. The molecule has 1 N–H and O–H groups in total. The number of carboxylic acids is 1. The SMILES string of the molecule is COc1ccc(OCCn2ccnc2C)c(C(=O)O)c1. The smallest absolute Gasteiger partial charge is 0.339 e. The molecule has 0 amide bonds. The topological polar surface area (TPSA) is 73.6 Å². The van der Waals surface area contributed by atoms with Gasteiger partial charge < -0.3 is 19.1 Å². The molecule has 0 radical (unpaired) electrons. The van der Waals surface area contributed by atoms with Gasteiger partial charge in [-0.15, -0.1) is 0 Å². The van der Waals surface area contributed by atoms with Gasteiger partial charge in [-0.2, -0.15) is 0 Å². The molecule has 0 aliphatic heterocycles. The maximum atomic E-state index is 11.2. The summed E-state index contributed by atoms with van der Waals surface area (Å²) < 4.78 is 12.5. The number of hydrogen-bond acceptors (Lipinski definition) is 4. The zero-order valence-corrected chi connectivity index (χ0v) is 11.4. The van der Waals surface area contributed by atoms with Crippen molar-refractivity contribution in [2.45, 2.75) is 13.5 Å². The predicted octanol–water partition coefficient (Wildman–Crippen LogP) is 1.98. The van der Waals surface area contributed by atoms with Crippen molar-refractivity contribution in [2.75, 3.05) is 13.7 Å². The first-order chi connectivity index (χ1) is 9.61. The highest BCUT2D eigenvalue weighted by atomic mass is 16.5. The van der Waals surface area contributed by atoms with Gasteiger partial charge in [-0.3, -0.25) is 0 Å². The summed E-state index contributed by atoms with van der Waals surface area (Å²) in [6.45, 7) is 2.87. The third kappa shape index (κ3) is 3.09. The van der Waals surface area contributed by atoms with Gasteiger partial charge in [0.05, 0.1) is 13.7 Å². The molecule has 0 saturated heterocycles. The van der Waals surface area contributed by atoms with E-state index in [1.807, 2.05) is 17.7 Å². The van der Waals surface area contributed by atoms with Crippen molar-refractivity contribution in [3.05, 3.63) is 42.0 Å². The Bertz CT molecular complexity index is 607. The third-order valence-electron chi connectivity index (χ3n) is 2.93. The maximum Gasteiger partial charge on any atom is 0.339 e. The van der Waals surface area contributed by atoms with Crippen LogP contribution in [0.2, 0.25) is 0 Å². The quantitative estimate of drug-likeness (QED) is 0.873. The molecule has 1 heterocycles. The van der Waals surface area contributed by atoms with Crippen molar-refractivity contribution >= 4 is 5.97 Å². The molecule has 0 bridgehead atoms. The molecule has 106 valence electrons. The minimum atomic E-state index is -1.04. The van der Waals surface area contributed by atoms with E-state index in [1.165, 1.54) is 13.2 Å². The van der Waals surface area contributed by atoms with Crippen LogP contribution in [0.4, 0.5) is 0 Å². The number of carboxylic acid groups (broad SMARTS) is 1. The molecule has 0 spiro atoms. The summed E-state index contributed by atoms with van der Waals surface area (Å²) in [5.74, 6) is 0.663. The van der Waals surface area contributed by atoms with Crippen LogP contribution in [0.3, 0.4) is 0 Å². The number of hydrogen-bond donors (Lipinski definition) is 1. The van der Waals surface area contributed by atoms with Gasteiger partial charge in [-0.1, -0.05) is 0 Å². The molecular weight excluding hydrogens is 260 g/mol. The average molecular weight is 276 g/mol. The minimum Gasteiger partial charge on any atom is -0.497 e. The van der Waals surface area contributed by atoms with Crippen molar-refractivity contribution in [2.24, 2.45) is 0 Å². The summed E-state index contributed by atoms with van der Waals surface area (Å²) in [4.78, 5) is 15.3. The molecule has 0 unspecified atom stereocenters. The van der Waals surface area contributed by atoms with Crippen molar-refractivity contribution in [1.82, 2.24) is 9.55 Å². The number of methoxy groups -OCH3 is 1. The highest BCUT2D eigenvalue weighted by Gasteiger charge is 2.12. The summed E-state index contributed by atoms with van der Waals surface area (Å²) in [6.07, 6.45) is 3.57. The summed E-state index contributed by atoms with van der Waals surface area (Å²) in [6, 6.07) is 4.72. The van der Waals surface area contributed by atoms with Crippen molar-refractivity contribution < 1.29 is 19.4 Å². The molecule has 0 aliphatic rings. The van der Waals surface area contributed by atoms with Gasteiger partial charge in [-0.05, 0) is 25.1 Å². The van der Waals surface area contributed by atoms with Crippen LogP contribution in [0.15, 0.2) is 30.6 Å². The Labute approximate surface area is 116 Å². The van der Waals surface area contributed by atoms with Gasteiger partial charge in [0.2, 0.25) is 0 Å². The molecule has 0 aliphatic carbocycles. The fraction of sp³-hybridized carbons (Fsp3) is 0.286. The summed E-state index contributed by atoms with van der Waals surface area (Å²) in [5, 5.41) is 9.16. The maximum absolute atomic E-state index is 11.2. The van der Waals surface area contributed by atoms with Crippen molar-refractivity contribution in [3.63, 3.8) is 0 Å². The lowest BCUT2D eigenvalue weighted by Crippen LogP contribution is -2.11. The van der Waals surface area contributed by atoms with Crippen molar-refractivity contribution in [3.8, 4) is 11.5 Å². The fourth-order valence-corrected chi connectivity index (χ4v) is 1.82. The highest BCUT2D eigenvalue weighted by molar-refractivity contribution is 5.91. The Kier molecular flexibility index (Phi) is 4.24. The van der Waals surface area contributed by atoms with Crippen LogP contribution >= 0.6 is 0 Å². The van der Waals surface area contributed by atoms with E-state index in [9.17, 15) is 4.79 Å². The average Bonchev–Trinajstić information content (AvgIpc) is 2.84. The normalized spacial score (nSPS) is 10.3. The number of aryl methyl sites for hydroxylation is 1. The van der Waals surface area contributed by atoms with Gasteiger partial charge in [0, 0.05) is 12.4 Å². The molecule has 6 heteroatoms. The Morgan fingerprint density at radius 2 is 2.25 bits per heavy atom. The second-order valence-electron chi connectivity index (χ2n) is 4.18. The number of carbonyl (C=O) groups is 1. The molecule has 0 atom stereocenters. The lowest BCUT2D eigenvalue weighted by atomic mass is 10.2. The van der Waals surface area contributed by atoms with E-state index in [0.717, 1.165) is 5.82 Å². The Morgan fingerprint density at radius 3 is 2.85 bits per heavy atom. The molecule has 0 saturated carbocycles. The van der Waals surface area contributed by atoms with Gasteiger partial charge in [-0.25, -0.2) is 9.78 Å². The lowest BCUT2D eigenvalue weighted by molar-refractivity contribution is 0.0691. The molecule has 2 rings (SSSR count). The van der Waals surface area contributed by atoms with Crippen LogP contribution < -0.4 is 9.47 Å². The van der Waals surface area contributed by atoms with Gasteiger partial charge in [0.15, 0.2) is 0 Å². The molecule has 0 fully saturated rings. The first-order valence-corrected chi connectivity index (χ1v) is 6.13. The van der Waals surface area contributed by atoms with Crippen LogP contribution in [0.25, 0.3) is 0 Å². The summed E-state index contributed by atoms with van der Waals surface area (Å²) in [7, 11) is 1.49. The van der Waals surface area contributed by atoms with Gasteiger partial charge >= 0.3 is 5.97 Å². The first-order valence-electron chi connectivity index (χ1n) is 6.13. The van der Waals surface area contributed by atoms with Gasteiger partial charge in [0.25, 0.3) is 0 Å². The first kappa shape index (κ1) is 13.9. The van der Waals surface area contributed by atoms with Crippen molar-refractivity contribution in [1.29, 1.82) is 0 Å². The zero-order chi connectivity index (χ0) is 14.5. The predicted molar refractivity (Wildman–Crippen MR) is 72.4 cm³/mol. The van der Waals surface area contributed by atoms with Crippen LogP contribution in [0.5, 0.6) is 11.5 Å². The third-order valence-corrected chi connectivity index (χ3v) is 2.93. The van der Waals surface area contributed by atoms with E-state index in [4.69, 9.17) is 14.6 Å². The largest absolute Gasteiger partial charge is 0.497 e. The number of aromatic nitrogens is 2. The Hall–Kier alpha value is -2.50. The Balaban J connectivity index is 2.05. The standard InChI is InChI=1S/C14H16N2O4/c1-10-15-5-6-16(10)7-8-20-13-4-3-11(19-2)9-12(13)14(17)18/h3-6,9H,7-8H2,1-2H3,(H,17,18). The van der Waals surface area contributed by atoms with E-state index < -0.39 is 5.97 Å². The number of nitrogens with zero attached hydrogens (tertiary/aromatic N) is 2. The lowest BCUT2D eigenvalue weighted by Gasteiger charge is -2.11. The van der Waals surface area contributed by atoms with E-state index in [-0.39, 0.29) is 5.56 Å². The van der Waals surface area contributed by atoms with E-state index in [0.29, 0.717) is 24.7 Å². The number of imidazole rings is 1. The van der Waals surface area contributed by atoms with Crippen LogP contribution in [-0.2, 0) is 6.54 Å². The second kappa shape index (κ2) is 6.10. The molecule has 20 heavy (non-hydrogen) atoms. The number of benzene rings is 1. The summed E-state index contributed by atoms with van der Waals surface area (Å²) >= 11 is 0. The second-order valence-corrected chi connectivity index (χ2v) is 4.18. The molecular formula is C14H16N2O4. The van der Waals surface area contributed by atoms with E-state index >= 15 is 0 Å². The monoisotopic (exact) mass is 276 g/mol. The zero-order valence-electron chi connectivity index (χ0n) is 11.4. The molecule has 1 aromatic heterocycles.